The van der Waals surface area contributed by atoms with Crippen molar-refractivity contribution >= 4 is 11.8 Å². The van der Waals surface area contributed by atoms with E-state index in [1.807, 2.05) is 24.2 Å². The highest BCUT2D eigenvalue weighted by Crippen LogP contribution is 2.25. The number of hydrogen-bond acceptors (Lipinski definition) is 2. The molecule has 1 aromatic heterocycles. The minimum Gasteiger partial charge on any atom is -0.265 e. The Kier molecular flexibility index (Phi) is 3.15. The first-order chi connectivity index (χ1) is 5.67. The molecule has 0 aliphatic carbocycles. The van der Waals surface area contributed by atoms with Gasteiger partial charge in [-0.15, -0.1) is 0 Å². The first kappa shape index (κ1) is 9.59. The van der Waals surface area contributed by atoms with E-state index in [1.54, 1.807) is 0 Å². The van der Waals surface area contributed by atoms with Crippen LogP contribution in [-0.2, 0) is 5.41 Å². The third kappa shape index (κ3) is 2.24. The zero-order chi connectivity index (χ0) is 9.03. The molecule has 66 valence electrons. The molecule has 0 saturated carbocycles. The van der Waals surface area contributed by atoms with Gasteiger partial charge in [0.25, 0.3) is 0 Å². The number of thioether (sulfide) groups is 1. The molecule has 0 atom stereocenters. The lowest BCUT2D eigenvalue weighted by Crippen LogP contribution is -2.20. The lowest BCUT2D eigenvalue weighted by atomic mass is 9.88. The zero-order valence-electron chi connectivity index (χ0n) is 7.87. The Bertz CT molecular complexity index is 231. The Balaban J connectivity index is 2.82. The molecule has 0 aliphatic heterocycles. The topological polar surface area (TPSA) is 12.9 Å². The van der Waals surface area contributed by atoms with Gasteiger partial charge in [-0.1, -0.05) is 13.8 Å². The third-order valence-corrected chi connectivity index (χ3v) is 2.98. The summed E-state index contributed by atoms with van der Waals surface area (Å²) in [5, 5.41) is 0. The Morgan fingerprint density at radius 3 is 2.42 bits per heavy atom. The van der Waals surface area contributed by atoms with Gasteiger partial charge < -0.3 is 0 Å². The lowest BCUT2D eigenvalue weighted by molar-refractivity contribution is 0.601. The highest BCUT2D eigenvalue weighted by atomic mass is 32.2. The molecule has 1 aromatic rings. The second-order valence-corrected chi connectivity index (χ2v) is 4.42. The van der Waals surface area contributed by atoms with Crippen LogP contribution in [-0.4, -0.2) is 17.0 Å². The second kappa shape index (κ2) is 3.94. The van der Waals surface area contributed by atoms with E-state index in [2.05, 4.69) is 37.2 Å². The molecule has 0 fully saturated rings. The summed E-state index contributed by atoms with van der Waals surface area (Å²) in [6.45, 7) is 4.53. The van der Waals surface area contributed by atoms with Gasteiger partial charge in [0.2, 0.25) is 0 Å². The van der Waals surface area contributed by atoms with Crippen LogP contribution in [0, 0.1) is 0 Å². The number of hydrogen-bond donors (Lipinski definition) is 0. The fourth-order valence-corrected chi connectivity index (χ4v) is 2.14. The van der Waals surface area contributed by atoms with Crippen molar-refractivity contribution in [2.24, 2.45) is 0 Å². The van der Waals surface area contributed by atoms with Crippen LogP contribution < -0.4 is 0 Å². The maximum Gasteiger partial charge on any atom is 0.0270 e. The zero-order valence-corrected chi connectivity index (χ0v) is 8.69. The van der Waals surface area contributed by atoms with Crippen LogP contribution in [0.1, 0.15) is 19.4 Å². The van der Waals surface area contributed by atoms with Gasteiger partial charge in [0, 0.05) is 18.1 Å². The Labute approximate surface area is 78.6 Å². The highest BCUT2D eigenvalue weighted by molar-refractivity contribution is 7.98. The summed E-state index contributed by atoms with van der Waals surface area (Å²) >= 11 is 1.88. The van der Waals surface area contributed by atoms with Gasteiger partial charge >= 0.3 is 0 Å². The van der Waals surface area contributed by atoms with Gasteiger partial charge in [-0.3, -0.25) is 4.98 Å². The van der Waals surface area contributed by atoms with Crippen LogP contribution in [0.4, 0.5) is 0 Å². The molecule has 1 heterocycles. The monoisotopic (exact) mass is 181 g/mol. The molecule has 0 amide bonds. The van der Waals surface area contributed by atoms with Crippen molar-refractivity contribution in [2.75, 3.05) is 12.0 Å². The molecular formula is C10H15NS. The predicted molar refractivity (Wildman–Crippen MR) is 55.6 cm³/mol. The molecule has 12 heavy (non-hydrogen) atoms. The van der Waals surface area contributed by atoms with Gasteiger partial charge in [0.1, 0.15) is 0 Å². The van der Waals surface area contributed by atoms with Gasteiger partial charge in [-0.05, 0) is 29.4 Å². The normalized spacial score (nSPS) is 11.6. The van der Waals surface area contributed by atoms with Crippen LogP contribution in [0.5, 0.6) is 0 Å². The fourth-order valence-electron chi connectivity index (χ4n) is 1.25. The Hall–Kier alpha value is -0.500. The quantitative estimate of drug-likeness (QED) is 0.711. The third-order valence-electron chi connectivity index (χ3n) is 1.97. The van der Waals surface area contributed by atoms with Crippen molar-refractivity contribution in [2.45, 2.75) is 19.3 Å². The van der Waals surface area contributed by atoms with Crippen molar-refractivity contribution in [1.29, 1.82) is 0 Å². The lowest BCUT2D eigenvalue weighted by Gasteiger charge is -2.23. The molecule has 0 aliphatic rings. The summed E-state index contributed by atoms with van der Waals surface area (Å²) < 4.78 is 0. The van der Waals surface area contributed by atoms with Gasteiger partial charge in [0.05, 0.1) is 0 Å². The number of nitrogens with zero attached hydrogens (tertiary/aromatic N) is 1. The van der Waals surface area contributed by atoms with E-state index in [9.17, 15) is 0 Å². The fraction of sp³-hybridized carbons (Fsp3) is 0.500. The van der Waals surface area contributed by atoms with E-state index in [4.69, 9.17) is 0 Å². The van der Waals surface area contributed by atoms with E-state index in [-0.39, 0.29) is 5.41 Å². The number of pyridine rings is 1. The summed E-state index contributed by atoms with van der Waals surface area (Å²) in [5.74, 6) is 1.15. The van der Waals surface area contributed by atoms with E-state index in [0.717, 1.165) is 5.75 Å². The Morgan fingerprint density at radius 1 is 1.33 bits per heavy atom. The molecule has 0 unspecified atom stereocenters. The molecule has 0 saturated heterocycles. The van der Waals surface area contributed by atoms with Crippen LogP contribution in [0.15, 0.2) is 24.5 Å². The second-order valence-electron chi connectivity index (χ2n) is 3.55. The van der Waals surface area contributed by atoms with Crippen molar-refractivity contribution in [3.63, 3.8) is 0 Å². The molecular weight excluding hydrogens is 166 g/mol. The van der Waals surface area contributed by atoms with Crippen molar-refractivity contribution in [1.82, 2.24) is 4.98 Å². The van der Waals surface area contributed by atoms with E-state index in [0.29, 0.717) is 0 Å². The Morgan fingerprint density at radius 2 is 1.92 bits per heavy atom. The van der Waals surface area contributed by atoms with E-state index in [1.165, 1.54) is 5.56 Å². The van der Waals surface area contributed by atoms with Crippen molar-refractivity contribution < 1.29 is 0 Å². The molecule has 0 aromatic carbocycles. The SMILES string of the molecule is CSCC(C)(C)c1ccncc1. The summed E-state index contributed by atoms with van der Waals surface area (Å²) in [7, 11) is 0. The average Bonchev–Trinajstić information content (AvgIpc) is 2.06. The van der Waals surface area contributed by atoms with E-state index < -0.39 is 0 Å². The summed E-state index contributed by atoms with van der Waals surface area (Å²) in [6, 6.07) is 4.19. The first-order valence-corrected chi connectivity index (χ1v) is 5.45. The van der Waals surface area contributed by atoms with Gasteiger partial charge in [-0.2, -0.15) is 11.8 Å². The highest BCUT2D eigenvalue weighted by Gasteiger charge is 2.18. The summed E-state index contributed by atoms with van der Waals surface area (Å²) in [6.07, 6.45) is 5.86. The summed E-state index contributed by atoms with van der Waals surface area (Å²) in [5.41, 5.74) is 1.63. The maximum atomic E-state index is 4.01. The van der Waals surface area contributed by atoms with Gasteiger partial charge in [0.15, 0.2) is 0 Å². The largest absolute Gasteiger partial charge is 0.265 e. The van der Waals surface area contributed by atoms with Crippen LogP contribution in [0.3, 0.4) is 0 Å². The molecule has 1 nitrogen and oxygen atoms in total. The maximum absolute atomic E-state index is 4.01. The molecule has 1 rings (SSSR count). The molecule has 2 heteroatoms. The van der Waals surface area contributed by atoms with Crippen molar-refractivity contribution in [3.8, 4) is 0 Å². The predicted octanol–water partition coefficient (Wildman–Crippen LogP) is 2.72. The molecule has 0 spiro atoms. The number of aromatic nitrogens is 1. The van der Waals surface area contributed by atoms with Crippen LogP contribution >= 0.6 is 11.8 Å². The van der Waals surface area contributed by atoms with Gasteiger partial charge in [-0.25, -0.2) is 0 Å². The standard InChI is InChI=1S/C10H15NS/c1-10(2,8-12-3)9-4-6-11-7-5-9/h4-7H,8H2,1-3H3. The molecule has 0 radical (unpaired) electrons. The van der Waals surface area contributed by atoms with Crippen LogP contribution in [0.2, 0.25) is 0 Å². The first-order valence-electron chi connectivity index (χ1n) is 4.06. The van der Waals surface area contributed by atoms with Crippen LogP contribution in [0.25, 0.3) is 0 Å². The smallest absolute Gasteiger partial charge is 0.0270 e. The summed E-state index contributed by atoms with van der Waals surface area (Å²) in [4.78, 5) is 4.01. The van der Waals surface area contributed by atoms with E-state index >= 15 is 0 Å². The minimum absolute atomic E-state index is 0.266. The minimum atomic E-state index is 0.266. The molecule has 0 N–H and O–H groups in total. The van der Waals surface area contributed by atoms with Crippen molar-refractivity contribution in [3.05, 3.63) is 30.1 Å². The number of rotatable bonds is 3. The average molecular weight is 181 g/mol. The molecule has 0 bridgehead atoms.